The van der Waals surface area contributed by atoms with E-state index in [4.69, 9.17) is 0 Å². The van der Waals surface area contributed by atoms with Gasteiger partial charge in [0.2, 0.25) is 5.91 Å². The largest absolute Gasteiger partial charge is 0.348 e. The monoisotopic (exact) mass is 281 g/mol. The maximum Gasteiger partial charge on any atom is 0.236 e. The number of carbonyl (C=O) groups is 1. The van der Waals surface area contributed by atoms with Crippen LogP contribution in [0.1, 0.15) is 17.7 Å². The van der Waals surface area contributed by atoms with Crippen molar-refractivity contribution in [3.8, 4) is 0 Å². The van der Waals surface area contributed by atoms with Crippen LogP contribution in [0.3, 0.4) is 0 Å². The van der Waals surface area contributed by atoms with Gasteiger partial charge in [-0.05, 0) is 24.3 Å². The van der Waals surface area contributed by atoms with Crippen molar-refractivity contribution in [1.29, 1.82) is 0 Å². The Balaban J connectivity index is 1.66. The zero-order valence-electron chi connectivity index (χ0n) is 11.8. The number of likely N-dealkylation sites (N-methyl/N-ethyl adjacent to an activating group) is 1. The zero-order chi connectivity index (χ0) is 13.7. The van der Waals surface area contributed by atoms with Crippen molar-refractivity contribution in [3.05, 3.63) is 22.4 Å². The Morgan fingerprint density at radius 2 is 2.21 bits per heavy atom. The highest BCUT2D eigenvalue weighted by molar-refractivity contribution is 7.09. The fraction of sp³-hybridized carbons (Fsp3) is 0.643. The number of likely N-dealkylation sites (tertiary alicyclic amines) is 1. The number of nitrogens with one attached hydrogen (secondary N) is 1. The van der Waals surface area contributed by atoms with Gasteiger partial charge in [-0.2, -0.15) is 0 Å². The topological polar surface area (TPSA) is 35.6 Å². The van der Waals surface area contributed by atoms with Crippen LogP contribution in [0.15, 0.2) is 17.5 Å². The molecule has 106 valence electrons. The molecule has 1 fully saturated rings. The first-order chi connectivity index (χ1) is 9.15. The van der Waals surface area contributed by atoms with Crippen molar-refractivity contribution in [3.63, 3.8) is 0 Å². The molecular weight excluding hydrogens is 258 g/mol. The predicted molar refractivity (Wildman–Crippen MR) is 79.3 cm³/mol. The normalized spacial score (nSPS) is 17.6. The molecule has 5 heteroatoms. The molecule has 2 rings (SSSR count). The maximum absolute atomic E-state index is 11.6. The quantitative estimate of drug-likeness (QED) is 0.886. The highest BCUT2D eigenvalue weighted by Gasteiger charge is 2.20. The van der Waals surface area contributed by atoms with E-state index in [1.54, 1.807) is 16.2 Å². The number of piperidine rings is 1. The number of nitrogens with zero attached hydrogens (tertiary/aromatic N) is 2. The molecule has 0 atom stereocenters. The molecule has 1 amide bonds. The summed E-state index contributed by atoms with van der Waals surface area (Å²) >= 11 is 1.80. The summed E-state index contributed by atoms with van der Waals surface area (Å²) in [5.41, 5.74) is 0. The Morgan fingerprint density at radius 3 is 2.79 bits per heavy atom. The second-order valence-electron chi connectivity index (χ2n) is 5.30. The lowest BCUT2D eigenvalue weighted by atomic mass is 10.1. The van der Waals surface area contributed by atoms with Crippen molar-refractivity contribution in [2.24, 2.45) is 0 Å². The molecule has 19 heavy (non-hydrogen) atoms. The van der Waals surface area contributed by atoms with E-state index < -0.39 is 0 Å². The van der Waals surface area contributed by atoms with Crippen LogP contribution < -0.4 is 5.32 Å². The summed E-state index contributed by atoms with van der Waals surface area (Å²) in [4.78, 5) is 17.0. The Kier molecular flexibility index (Phi) is 5.36. The molecule has 0 spiro atoms. The standard InChI is InChI=1S/C14H23N3OS/c1-16(2)14(18)11-17-7-5-12(6-8-17)15-10-13-4-3-9-19-13/h3-4,9,12,15H,5-8,10-11H2,1-2H3. The fourth-order valence-electron chi connectivity index (χ4n) is 2.29. The highest BCUT2D eigenvalue weighted by atomic mass is 32.1. The Bertz CT molecular complexity index is 383. The highest BCUT2D eigenvalue weighted by Crippen LogP contribution is 2.13. The van der Waals surface area contributed by atoms with Crippen LogP contribution in [0, 0.1) is 0 Å². The van der Waals surface area contributed by atoms with Gasteiger partial charge in [0.15, 0.2) is 0 Å². The van der Waals surface area contributed by atoms with Crippen LogP contribution in [-0.4, -0.2) is 55.5 Å². The minimum absolute atomic E-state index is 0.199. The average Bonchev–Trinajstić information content (AvgIpc) is 2.91. The van der Waals surface area contributed by atoms with Crippen LogP contribution in [0.2, 0.25) is 0 Å². The number of amides is 1. The van der Waals surface area contributed by atoms with Crippen LogP contribution in [0.25, 0.3) is 0 Å². The third kappa shape index (κ3) is 4.60. The van der Waals surface area contributed by atoms with Gasteiger partial charge in [0.05, 0.1) is 6.54 Å². The number of hydrogen-bond acceptors (Lipinski definition) is 4. The van der Waals surface area contributed by atoms with Crippen molar-refractivity contribution in [1.82, 2.24) is 15.1 Å². The van der Waals surface area contributed by atoms with Crippen molar-refractivity contribution >= 4 is 17.2 Å². The molecule has 1 N–H and O–H groups in total. The van der Waals surface area contributed by atoms with E-state index in [9.17, 15) is 4.79 Å². The molecule has 0 aliphatic carbocycles. The van der Waals surface area contributed by atoms with Crippen molar-refractivity contribution in [2.45, 2.75) is 25.4 Å². The van der Waals surface area contributed by atoms with Crippen LogP contribution in [0.4, 0.5) is 0 Å². The molecule has 1 aromatic heterocycles. The van der Waals surface area contributed by atoms with Crippen LogP contribution in [0.5, 0.6) is 0 Å². The first kappa shape index (κ1) is 14.5. The van der Waals surface area contributed by atoms with Gasteiger partial charge in [-0.15, -0.1) is 11.3 Å². The lowest BCUT2D eigenvalue weighted by Gasteiger charge is -2.32. The summed E-state index contributed by atoms with van der Waals surface area (Å²) in [6.07, 6.45) is 2.26. The first-order valence-electron chi connectivity index (χ1n) is 6.83. The molecular formula is C14H23N3OS. The molecule has 1 aliphatic rings. The van der Waals surface area contributed by atoms with E-state index in [1.165, 1.54) is 4.88 Å². The molecule has 4 nitrogen and oxygen atoms in total. The first-order valence-corrected chi connectivity index (χ1v) is 7.71. The average molecular weight is 281 g/mol. The number of thiophene rings is 1. The van der Waals surface area contributed by atoms with E-state index in [0.29, 0.717) is 12.6 Å². The van der Waals surface area contributed by atoms with E-state index >= 15 is 0 Å². The Morgan fingerprint density at radius 1 is 1.47 bits per heavy atom. The third-order valence-electron chi connectivity index (χ3n) is 3.59. The Hall–Kier alpha value is -0.910. The summed E-state index contributed by atoms with van der Waals surface area (Å²) in [7, 11) is 3.63. The predicted octanol–water partition coefficient (Wildman–Crippen LogP) is 1.39. The molecule has 1 aliphatic heterocycles. The molecule has 0 saturated carbocycles. The van der Waals surface area contributed by atoms with E-state index in [2.05, 4.69) is 27.7 Å². The molecule has 2 heterocycles. The number of rotatable bonds is 5. The summed E-state index contributed by atoms with van der Waals surface area (Å²) in [5, 5.41) is 5.73. The van der Waals surface area contributed by atoms with Crippen molar-refractivity contribution in [2.75, 3.05) is 33.7 Å². The second-order valence-corrected chi connectivity index (χ2v) is 6.33. The lowest BCUT2D eigenvalue weighted by Crippen LogP contribution is -2.45. The molecule has 0 bridgehead atoms. The smallest absolute Gasteiger partial charge is 0.236 e. The van der Waals surface area contributed by atoms with Crippen LogP contribution in [-0.2, 0) is 11.3 Å². The Labute approximate surface area is 119 Å². The number of hydrogen-bond donors (Lipinski definition) is 1. The van der Waals surface area contributed by atoms with Gasteiger partial charge in [-0.3, -0.25) is 9.69 Å². The van der Waals surface area contributed by atoms with E-state index in [1.807, 2.05) is 14.1 Å². The second kappa shape index (κ2) is 7.03. The van der Waals surface area contributed by atoms with Gasteiger partial charge in [0, 0.05) is 44.6 Å². The molecule has 1 saturated heterocycles. The molecule has 1 aromatic rings. The SMILES string of the molecule is CN(C)C(=O)CN1CCC(NCc2cccs2)CC1. The van der Waals surface area contributed by atoms with Gasteiger partial charge in [-0.1, -0.05) is 6.07 Å². The molecule has 0 aromatic carbocycles. The third-order valence-corrected chi connectivity index (χ3v) is 4.47. The fourth-order valence-corrected chi connectivity index (χ4v) is 2.94. The van der Waals surface area contributed by atoms with Gasteiger partial charge in [0.1, 0.15) is 0 Å². The molecule has 0 unspecified atom stereocenters. The minimum Gasteiger partial charge on any atom is -0.348 e. The molecule has 0 radical (unpaired) electrons. The van der Waals surface area contributed by atoms with Gasteiger partial charge in [-0.25, -0.2) is 0 Å². The maximum atomic E-state index is 11.6. The summed E-state index contributed by atoms with van der Waals surface area (Å²) < 4.78 is 0. The number of carbonyl (C=O) groups excluding carboxylic acids is 1. The van der Waals surface area contributed by atoms with Crippen LogP contribution >= 0.6 is 11.3 Å². The van der Waals surface area contributed by atoms with Crippen molar-refractivity contribution < 1.29 is 4.79 Å². The van der Waals surface area contributed by atoms with Gasteiger partial charge < -0.3 is 10.2 Å². The van der Waals surface area contributed by atoms with Gasteiger partial charge in [0.25, 0.3) is 0 Å². The lowest BCUT2D eigenvalue weighted by molar-refractivity contribution is -0.130. The summed E-state index contributed by atoms with van der Waals surface area (Å²) in [6.45, 7) is 3.56. The van der Waals surface area contributed by atoms with E-state index in [-0.39, 0.29) is 5.91 Å². The van der Waals surface area contributed by atoms with Gasteiger partial charge >= 0.3 is 0 Å². The summed E-state index contributed by atoms with van der Waals surface area (Å²) in [6, 6.07) is 4.85. The zero-order valence-corrected chi connectivity index (χ0v) is 12.6. The van der Waals surface area contributed by atoms with E-state index in [0.717, 1.165) is 32.5 Å². The minimum atomic E-state index is 0.199. The summed E-state index contributed by atoms with van der Waals surface area (Å²) in [5.74, 6) is 0.199.